The fourth-order valence-electron chi connectivity index (χ4n) is 1.74. The number of aliphatic hydroxyl groups is 1. The molecule has 0 fully saturated rings. The predicted octanol–water partition coefficient (Wildman–Crippen LogP) is 1.81. The summed E-state index contributed by atoms with van der Waals surface area (Å²) in [6.45, 7) is 4.06. The van der Waals surface area contributed by atoms with Gasteiger partial charge in [-0.05, 0) is 32.3 Å². The maximum atomic E-state index is 11.6. The van der Waals surface area contributed by atoms with Crippen LogP contribution in [0.4, 0.5) is 0 Å². The van der Waals surface area contributed by atoms with Crippen LogP contribution >= 0.6 is 0 Å². The van der Waals surface area contributed by atoms with Gasteiger partial charge in [0.15, 0.2) is 0 Å². The second kappa shape index (κ2) is 7.07. The van der Waals surface area contributed by atoms with Crippen molar-refractivity contribution in [2.45, 2.75) is 39.2 Å². The van der Waals surface area contributed by atoms with E-state index in [4.69, 9.17) is 5.11 Å². The molecule has 0 aliphatic carbocycles. The van der Waals surface area contributed by atoms with Gasteiger partial charge in [0.1, 0.15) is 0 Å². The summed E-state index contributed by atoms with van der Waals surface area (Å²) in [7, 11) is 0. The SMILES string of the molecule is Cc1cccc(CCC(=O)NC(C)CCO)c1. The molecule has 0 heterocycles. The van der Waals surface area contributed by atoms with Gasteiger partial charge in [-0.25, -0.2) is 0 Å². The summed E-state index contributed by atoms with van der Waals surface area (Å²) < 4.78 is 0. The van der Waals surface area contributed by atoms with Crippen molar-refractivity contribution in [1.82, 2.24) is 5.32 Å². The molecule has 1 atom stereocenters. The first-order valence-corrected chi connectivity index (χ1v) is 6.07. The van der Waals surface area contributed by atoms with Gasteiger partial charge in [-0.3, -0.25) is 4.79 Å². The van der Waals surface area contributed by atoms with Crippen molar-refractivity contribution in [3.8, 4) is 0 Å². The summed E-state index contributed by atoms with van der Waals surface area (Å²) in [6.07, 6.45) is 1.87. The van der Waals surface area contributed by atoms with Gasteiger partial charge in [-0.15, -0.1) is 0 Å². The topological polar surface area (TPSA) is 49.3 Å². The number of carbonyl (C=O) groups excluding carboxylic acids is 1. The lowest BCUT2D eigenvalue weighted by molar-refractivity contribution is -0.121. The maximum absolute atomic E-state index is 11.6. The monoisotopic (exact) mass is 235 g/mol. The number of amides is 1. The summed E-state index contributed by atoms with van der Waals surface area (Å²) in [6, 6.07) is 8.25. The number of hydrogen-bond acceptors (Lipinski definition) is 2. The summed E-state index contributed by atoms with van der Waals surface area (Å²) in [4.78, 5) is 11.6. The standard InChI is InChI=1S/C14H21NO2/c1-11-4-3-5-13(10-11)6-7-14(17)15-12(2)8-9-16/h3-5,10,12,16H,6-9H2,1-2H3,(H,15,17). The second-order valence-corrected chi connectivity index (χ2v) is 4.47. The molecule has 1 aromatic carbocycles. The Bertz CT molecular complexity index is 363. The second-order valence-electron chi connectivity index (χ2n) is 4.47. The Balaban J connectivity index is 2.33. The minimum Gasteiger partial charge on any atom is -0.396 e. The summed E-state index contributed by atoms with van der Waals surface area (Å²) >= 11 is 0. The lowest BCUT2D eigenvalue weighted by atomic mass is 10.1. The van der Waals surface area contributed by atoms with Crippen LogP contribution in [0.25, 0.3) is 0 Å². The zero-order valence-electron chi connectivity index (χ0n) is 10.6. The highest BCUT2D eigenvalue weighted by Gasteiger charge is 2.06. The van der Waals surface area contributed by atoms with E-state index in [9.17, 15) is 4.79 Å². The van der Waals surface area contributed by atoms with Gasteiger partial charge < -0.3 is 10.4 Å². The van der Waals surface area contributed by atoms with Gasteiger partial charge in [0, 0.05) is 19.1 Å². The molecule has 94 valence electrons. The van der Waals surface area contributed by atoms with E-state index >= 15 is 0 Å². The minimum atomic E-state index is 0.0463. The summed E-state index contributed by atoms with van der Waals surface area (Å²) in [5, 5.41) is 11.6. The molecule has 3 nitrogen and oxygen atoms in total. The van der Waals surface area contributed by atoms with Crippen LogP contribution in [0.5, 0.6) is 0 Å². The van der Waals surface area contributed by atoms with E-state index < -0.39 is 0 Å². The predicted molar refractivity (Wildman–Crippen MR) is 68.8 cm³/mol. The zero-order valence-corrected chi connectivity index (χ0v) is 10.6. The van der Waals surface area contributed by atoms with E-state index in [1.54, 1.807) is 0 Å². The highest BCUT2D eigenvalue weighted by molar-refractivity contribution is 5.76. The molecule has 0 spiro atoms. The number of aliphatic hydroxyl groups excluding tert-OH is 1. The summed E-state index contributed by atoms with van der Waals surface area (Å²) in [5.41, 5.74) is 2.41. The van der Waals surface area contributed by atoms with Gasteiger partial charge in [0.2, 0.25) is 5.91 Å². The number of rotatable bonds is 6. The third-order valence-electron chi connectivity index (χ3n) is 2.69. The Hall–Kier alpha value is -1.35. The van der Waals surface area contributed by atoms with Crippen LogP contribution in [0.2, 0.25) is 0 Å². The van der Waals surface area contributed by atoms with Crippen molar-refractivity contribution in [2.24, 2.45) is 0 Å². The molecule has 0 saturated heterocycles. The smallest absolute Gasteiger partial charge is 0.220 e. The molecule has 0 saturated carbocycles. The number of nitrogens with one attached hydrogen (secondary N) is 1. The highest BCUT2D eigenvalue weighted by atomic mass is 16.3. The lowest BCUT2D eigenvalue weighted by Gasteiger charge is -2.12. The molecule has 0 aliphatic heterocycles. The van der Waals surface area contributed by atoms with Crippen molar-refractivity contribution < 1.29 is 9.90 Å². The molecule has 1 aromatic rings. The van der Waals surface area contributed by atoms with Crippen molar-refractivity contribution >= 4 is 5.91 Å². The Morgan fingerprint density at radius 3 is 2.88 bits per heavy atom. The third kappa shape index (κ3) is 5.50. The fraction of sp³-hybridized carbons (Fsp3) is 0.500. The van der Waals surface area contributed by atoms with Crippen LogP contribution < -0.4 is 5.32 Å². The van der Waals surface area contributed by atoms with E-state index in [1.807, 2.05) is 32.0 Å². The van der Waals surface area contributed by atoms with Crippen LogP contribution in [-0.2, 0) is 11.2 Å². The number of aryl methyl sites for hydroxylation is 2. The number of benzene rings is 1. The molecule has 0 radical (unpaired) electrons. The lowest BCUT2D eigenvalue weighted by Crippen LogP contribution is -2.33. The van der Waals surface area contributed by atoms with Gasteiger partial charge in [0.05, 0.1) is 0 Å². The molecular formula is C14H21NO2. The van der Waals surface area contributed by atoms with Crippen molar-refractivity contribution in [3.63, 3.8) is 0 Å². The van der Waals surface area contributed by atoms with Crippen LogP contribution in [0.3, 0.4) is 0 Å². The van der Waals surface area contributed by atoms with E-state index in [1.165, 1.54) is 11.1 Å². The Morgan fingerprint density at radius 1 is 1.47 bits per heavy atom. The maximum Gasteiger partial charge on any atom is 0.220 e. The zero-order chi connectivity index (χ0) is 12.7. The quantitative estimate of drug-likeness (QED) is 0.790. The van der Waals surface area contributed by atoms with E-state index in [0.717, 1.165) is 6.42 Å². The van der Waals surface area contributed by atoms with Crippen LogP contribution in [0.1, 0.15) is 30.9 Å². The van der Waals surface area contributed by atoms with E-state index in [2.05, 4.69) is 11.4 Å². The number of carbonyl (C=O) groups is 1. The van der Waals surface area contributed by atoms with Crippen LogP contribution in [0, 0.1) is 6.92 Å². The largest absolute Gasteiger partial charge is 0.396 e. The molecular weight excluding hydrogens is 214 g/mol. The molecule has 1 unspecified atom stereocenters. The van der Waals surface area contributed by atoms with Gasteiger partial charge in [0.25, 0.3) is 0 Å². The van der Waals surface area contributed by atoms with Crippen LogP contribution in [-0.4, -0.2) is 23.7 Å². The average Bonchev–Trinajstić information content (AvgIpc) is 2.27. The van der Waals surface area contributed by atoms with Crippen LogP contribution in [0.15, 0.2) is 24.3 Å². The average molecular weight is 235 g/mol. The number of hydrogen-bond donors (Lipinski definition) is 2. The first-order chi connectivity index (χ1) is 8.11. The molecule has 0 aromatic heterocycles. The molecule has 1 rings (SSSR count). The first kappa shape index (κ1) is 13.7. The highest BCUT2D eigenvalue weighted by Crippen LogP contribution is 2.06. The molecule has 3 heteroatoms. The Labute approximate surface area is 103 Å². The minimum absolute atomic E-state index is 0.0463. The first-order valence-electron chi connectivity index (χ1n) is 6.07. The van der Waals surface area contributed by atoms with E-state index in [0.29, 0.717) is 12.8 Å². The van der Waals surface area contributed by atoms with Gasteiger partial charge >= 0.3 is 0 Å². The normalized spacial score (nSPS) is 12.2. The molecule has 0 bridgehead atoms. The van der Waals surface area contributed by atoms with Crippen molar-refractivity contribution in [1.29, 1.82) is 0 Å². The van der Waals surface area contributed by atoms with Gasteiger partial charge in [-0.2, -0.15) is 0 Å². The Kier molecular flexibility index (Phi) is 5.70. The molecule has 2 N–H and O–H groups in total. The molecule has 17 heavy (non-hydrogen) atoms. The Morgan fingerprint density at radius 2 is 2.24 bits per heavy atom. The fourth-order valence-corrected chi connectivity index (χ4v) is 1.74. The van der Waals surface area contributed by atoms with Gasteiger partial charge in [-0.1, -0.05) is 29.8 Å². The molecule has 0 aliphatic rings. The van der Waals surface area contributed by atoms with E-state index in [-0.39, 0.29) is 18.6 Å². The third-order valence-corrected chi connectivity index (χ3v) is 2.69. The molecule has 1 amide bonds. The van der Waals surface area contributed by atoms with Crippen molar-refractivity contribution in [2.75, 3.05) is 6.61 Å². The van der Waals surface area contributed by atoms with Crippen molar-refractivity contribution in [3.05, 3.63) is 35.4 Å². The summed E-state index contributed by atoms with van der Waals surface area (Å²) in [5.74, 6) is 0.0486.